The van der Waals surface area contributed by atoms with Gasteiger partial charge in [-0.15, -0.1) is 11.3 Å². The third-order valence-corrected chi connectivity index (χ3v) is 6.12. The molecule has 1 N–H and O–H groups in total. The number of aromatic nitrogens is 3. The quantitative estimate of drug-likeness (QED) is 0.261. The summed E-state index contributed by atoms with van der Waals surface area (Å²) in [5, 5.41) is 11.1. The van der Waals surface area contributed by atoms with Gasteiger partial charge in [-0.05, 0) is 49.7 Å². The second kappa shape index (κ2) is 9.52. The van der Waals surface area contributed by atoms with Gasteiger partial charge in [0.2, 0.25) is 5.13 Å². The van der Waals surface area contributed by atoms with Crippen LogP contribution >= 0.6 is 11.3 Å². The van der Waals surface area contributed by atoms with Crippen molar-refractivity contribution in [3.63, 3.8) is 0 Å². The van der Waals surface area contributed by atoms with Crippen molar-refractivity contribution in [2.45, 2.75) is 26.7 Å². The van der Waals surface area contributed by atoms with Crippen LogP contribution in [0.5, 0.6) is 5.75 Å². The minimum atomic E-state index is -0.227. The average Bonchev–Trinajstić information content (AvgIpc) is 3.57. The molecular formula is C26H24N4O3S. The van der Waals surface area contributed by atoms with Gasteiger partial charge in [0.1, 0.15) is 22.8 Å². The molecule has 34 heavy (non-hydrogen) atoms. The number of ether oxygens (including phenoxy) is 1. The van der Waals surface area contributed by atoms with E-state index >= 15 is 0 Å². The summed E-state index contributed by atoms with van der Waals surface area (Å²) in [4.78, 5) is 17.6. The summed E-state index contributed by atoms with van der Waals surface area (Å²) in [5.74, 6) is 1.78. The number of nitrogens with zero attached hydrogens (tertiary/aromatic N) is 3. The van der Waals surface area contributed by atoms with Gasteiger partial charge in [-0.25, -0.2) is 4.98 Å². The van der Waals surface area contributed by atoms with E-state index < -0.39 is 0 Å². The number of rotatable bonds is 8. The molecule has 3 heterocycles. The molecule has 5 aromatic rings. The number of thiazole rings is 1. The average molecular weight is 473 g/mol. The van der Waals surface area contributed by atoms with E-state index in [1.54, 1.807) is 16.8 Å². The van der Waals surface area contributed by atoms with Crippen molar-refractivity contribution in [3.05, 3.63) is 77.3 Å². The molecule has 1 amide bonds. The normalized spacial score (nSPS) is 11.1. The Labute approximate surface area is 201 Å². The lowest BCUT2D eigenvalue weighted by molar-refractivity contribution is 0.102. The van der Waals surface area contributed by atoms with Crippen LogP contribution in [0.2, 0.25) is 0 Å². The molecule has 0 saturated heterocycles. The molecule has 172 valence electrons. The number of anilines is 1. The number of unbranched alkanes of at least 4 members (excludes halogenated alkanes) is 1. The first-order valence-electron chi connectivity index (χ1n) is 11.2. The zero-order valence-electron chi connectivity index (χ0n) is 18.9. The van der Waals surface area contributed by atoms with Crippen LogP contribution in [-0.2, 0) is 0 Å². The van der Waals surface area contributed by atoms with E-state index in [-0.39, 0.29) is 5.91 Å². The first kappa shape index (κ1) is 21.9. The summed E-state index contributed by atoms with van der Waals surface area (Å²) in [5.41, 5.74) is 2.85. The molecule has 0 spiro atoms. The van der Waals surface area contributed by atoms with Gasteiger partial charge in [0, 0.05) is 22.4 Å². The Balaban J connectivity index is 1.34. The van der Waals surface area contributed by atoms with E-state index in [9.17, 15) is 4.79 Å². The van der Waals surface area contributed by atoms with Crippen molar-refractivity contribution in [3.8, 4) is 22.3 Å². The van der Waals surface area contributed by atoms with Crippen molar-refractivity contribution >= 4 is 34.0 Å². The zero-order chi connectivity index (χ0) is 23.5. The molecule has 0 aliphatic heterocycles. The number of amides is 1. The summed E-state index contributed by atoms with van der Waals surface area (Å²) in [6.07, 6.45) is 2.08. The summed E-state index contributed by atoms with van der Waals surface area (Å²) in [7, 11) is 0. The van der Waals surface area contributed by atoms with Crippen LogP contribution in [0, 0.1) is 6.92 Å². The summed E-state index contributed by atoms with van der Waals surface area (Å²) >= 11 is 1.43. The highest BCUT2D eigenvalue weighted by Gasteiger charge is 2.17. The van der Waals surface area contributed by atoms with Gasteiger partial charge in [0.25, 0.3) is 5.91 Å². The SMILES string of the molecule is CCCCOc1ccc(C(=O)Nc2cc(C)nn2-c2nc(-c3cc4ccccc4o3)cs2)cc1. The zero-order valence-corrected chi connectivity index (χ0v) is 19.8. The lowest BCUT2D eigenvalue weighted by Gasteiger charge is -2.08. The number of nitrogens with one attached hydrogen (secondary N) is 1. The van der Waals surface area contributed by atoms with E-state index in [1.165, 1.54) is 11.3 Å². The molecule has 0 fully saturated rings. The molecule has 7 nitrogen and oxygen atoms in total. The van der Waals surface area contributed by atoms with Gasteiger partial charge in [-0.2, -0.15) is 9.78 Å². The molecule has 8 heteroatoms. The fraction of sp³-hybridized carbons (Fsp3) is 0.192. The minimum Gasteiger partial charge on any atom is -0.494 e. The number of carbonyl (C=O) groups is 1. The van der Waals surface area contributed by atoms with E-state index in [0.717, 1.165) is 40.9 Å². The number of hydrogen-bond donors (Lipinski definition) is 1. The van der Waals surface area contributed by atoms with Crippen molar-refractivity contribution in [1.82, 2.24) is 14.8 Å². The molecule has 2 aromatic carbocycles. The second-order valence-corrected chi connectivity index (χ2v) is 8.76. The van der Waals surface area contributed by atoms with Gasteiger partial charge >= 0.3 is 0 Å². The molecule has 0 atom stereocenters. The Hall–Kier alpha value is -3.91. The van der Waals surface area contributed by atoms with E-state index in [1.807, 2.05) is 60.8 Å². The van der Waals surface area contributed by atoms with Gasteiger partial charge in [-0.1, -0.05) is 31.5 Å². The number of hydrogen-bond acceptors (Lipinski definition) is 6. The summed E-state index contributed by atoms with van der Waals surface area (Å²) < 4.78 is 13.3. The van der Waals surface area contributed by atoms with Crippen molar-refractivity contribution in [2.24, 2.45) is 0 Å². The number of benzene rings is 2. The highest BCUT2D eigenvalue weighted by molar-refractivity contribution is 7.12. The molecule has 0 aliphatic rings. The number of carbonyl (C=O) groups excluding carboxylic acids is 1. The predicted molar refractivity (Wildman–Crippen MR) is 134 cm³/mol. The monoisotopic (exact) mass is 472 g/mol. The van der Waals surface area contributed by atoms with Gasteiger partial charge in [0.05, 0.1) is 12.3 Å². The van der Waals surface area contributed by atoms with E-state index in [2.05, 4.69) is 17.3 Å². The maximum absolute atomic E-state index is 12.9. The minimum absolute atomic E-state index is 0.227. The maximum atomic E-state index is 12.9. The third kappa shape index (κ3) is 4.58. The van der Waals surface area contributed by atoms with Crippen molar-refractivity contribution < 1.29 is 13.9 Å². The van der Waals surface area contributed by atoms with Crippen LogP contribution in [0.3, 0.4) is 0 Å². The second-order valence-electron chi connectivity index (χ2n) is 7.93. The highest BCUT2D eigenvalue weighted by atomic mass is 32.1. The maximum Gasteiger partial charge on any atom is 0.256 e. The summed E-state index contributed by atoms with van der Waals surface area (Å²) in [6.45, 7) is 4.67. The fourth-order valence-electron chi connectivity index (χ4n) is 3.54. The predicted octanol–water partition coefficient (Wildman–Crippen LogP) is 6.48. The number of fused-ring (bicyclic) bond motifs is 1. The van der Waals surface area contributed by atoms with E-state index in [0.29, 0.717) is 28.9 Å². The largest absolute Gasteiger partial charge is 0.494 e. The lowest BCUT2D eigenvalue weighted by atomic mass is 10.2. The van der Waals surface area contributed by atoms with Crippen LogP contribution in [0.4, 0.5) is 5.82 Å². The molecule has 5 rings (SSSR count). The molecule has 0 bridgehead atoms. The Bertz CT molecular complexity index is 1400. The Morgan fingerprint density at radius 1 is 1.15 bits per heavy atom. The number of aryl methyl sites for hydroxylation is 1. The Morgan fingerprint density at radius 2 is 1.97 bits per heavy atom. The Morgan fingerprint density at radius 3 is 2.76 bits per heavy atom. The topological polar surface area (TPSA) is 82.2 Å². The van der Waals surface area contributed by atoms with E-state index in [4.69, 9.17) is 14.1 Å². The first-order chi connectivity index (χ1) is 16.6. The van der Waals surface area contributed by atoms with Gasteiger partial charge in [-0.3, -0.25) is 4.79 Å². The lowest BCUT2D eigenvalue weighted by Crippen LogP contribution is -2.15. The van der Waals surface area contributed by atoms with Gasteiger partial charge in [0.15, 0.2) is 5.76 Å². The van der Waals surface area contributed by atoms with Gasteiger partial charge < -0.3 is 14.5 Å². The molecule has 0 aliphatic carbocycles. The van der Waals surface area contributed by atoms with Crippen LogP contribution in [0.1, 0.15) is 35.8 Å². The molecule has 3 aromatic heterocycles. The first-order valence-corrected chi connectivity index (χ1v) is 12.0. The standard InChI is InChI=1S/C26H24N4O3S/c1-3-4-13-32-20-11-9-18(10-12-20)25(31)28-24-14-17(2)29-30(24)26-27-21(16-34-26)23-15-19-7-5-6-8-22(19)33-23/h5-12,14-16H,3-4,13H2,1-2H3,(H,28,31). The number of furan rings is 1. The highest BCUT2D eigenvalue weighted by Crippen LogP contribution is 2.30. The molecule has 0 saturated carbocycles. The Kier molecular flexibility index (Phi) is 6.14. The molecule has 0 radical (unpaired) electrons. The van der Waals surface area contributed by atoms with Crippen LogP contribution < -0.4 is 10.1 Å². The number of para-hydroxylation sites is 1. The molecular weight excluding hydrogens is 448 g/mol. The van der Waals surface area contributed by atoms with Crippen molar-refractivity contribution in [2.75, 3.05) is 11.9 Å². The third-order valence-electron chi connectivity index (χ3n) is 5.31. The fourth-order valence-corrected chi connectivity index (χ4v) is 4.32. The smallest absolute Gasteiger partial charge is 0.256 e. The van der Waals surface area contributed by atoms with Crippen LogP contribution in [-0.4, -0.2) is 27.3 Å². The summed E-state index contributed by atoms with van der Waals surface area (Å²) in [6, 6.07) is 18.8. The van der Waals surface area contributed by atoms with Crippen LogP contribution in [0.15, 0.2) is 70.5 Å². The van der Waals surface area contributed by atoms with Crippen LogP contribution in [0.25, 0.3) is 27.6 Å². The van der Waals surface area contributed by atoms with Crippen molar-refractivity contribution in [1.29, 1.82) is 0 Å². The molecule has 0 unspecified atom stereocenters.